The molecule has 0 spiro atoms. The van der Waals surface area contributed by atoms with E-state index in [1.165, 1.54) is 0 Å². The zero-order chi connectivity index (χ0) is 10.8. The van der Waals surface area contributed by atoms with Crippen molar-refractivity contribution in [3.8, 4) is 11.4 Å². The second-order valence-electron chi connectivity index (χ2n) is 3.14. The number of hydrogen-bond acceptors (Lipinski definition) is 4. The fourth-order valence-corrected chi connectivity index (χ4v) is 1.25. The molecule has 15 heavy (non-hydrogen) atoms. The van der Waals surface area contributed by atoms with Crippen LogP contribution in [0.25, 0.3) is 11.4 Å². The molecule has 2 aromatic rings. The average molecular weight is 225 g/mol. The van der Waals surface area contributed by atoms with Crippen LogP contribution in [-0.2, 0) is 0 Å². The summed E-state index contributed by atoms with van der Waals surface area (Å²) in [7, 11) is 0. The third-order valence-corrected chi connectivity index (χ3v) is 2.15. The highest BCUT2D eigenvalue weighted by Gasteiger charge is 2.12. The van der Waals surface area contributed by atoms with Gasteiger partial charge in [-0.1, -0.05) is 16.8 Å². The topological polar surface area (TPSA) is 59.2 Å². The van der Waals surface area contributed by atoms with Crippen LogP contribution in [0.2, 0.25) is 5.02 Å². The quantitative estimate of drug-likeness (QED) is 0.851. The van der Waals surface area contributed by atoms with E-state index < -0.39 is 6.10 Å². The summed E-state index contributed by atoms with van der Waals surface area (Å²) < 4.78 is 4.87. The van der Waals surface area contributed by atoms with E-state index in [-0.39, 0.29) is 5.89 Å². The molecule has 0 saturated carbocycles. The molecular formula is C10H9ClN2O2. The minimum absolute atomic E-state index is 0.208. The van der Waals surface area contributed by atoms with Crippen molar-refractivity contribution in [3.63, 3.8) is 0 Å². The van der Waals surface area contributed by atoms with E-state index in [9.17, 15) is 5.11 Å². The maximum Gasteiger partial charge on any atom is 0.255 e. The van der Waals surface area contributed by atoms with E-state index in [0.717, 1.165) is 5.56 Å². The molecule has 0 fully saturated rings. The van der Waals surface area contributed by atoms with Gasteiger partial charge in [-0.25, -0.2) is 0 Å². The molecule has 0 bridgehead atoms. The molecule has 0 aliphatic heterocycles. The van der Waals surface area contributed by atoms with Crippen molar-refractivity contribution in [1.82, 2.24) is 10.1 Å². The Hall–Kier alpha value is -1.39. The molecule has 0 aliphatic rings. The lowest BCUT2D eigenvalue weighted by atomic mass is 10.2. The molecule has 78 valence electrons. The van der Waals surface area contributed by atoms with Crippen LogP contribution in [0.5, 0.6) is 0 Å². The lowest BCUT2D eigenvalue weighted by Crippen LogP contribution is -1.90. The summed E-state index contributed by atoms with van der Waals surface area (Å²) in [5.74, 6) is 0.655. The van der Waals surface area contributed by atoms with Crippen molar-refractivity contribution in [2.24, 2.45) is 0 Å². The van der Waals surface area contributed by atoms with Crippen molar-refractivity contribution in [1.29, 1.82) is 0 Å². The molecule has 2 rings (SSSR count). The normalized spacial score (nSPS) is 12.7. The first-order valence-corrected chi connectivity index (χ1v) is 4.82. The number of aliphatic hydroxyl groups is 1. The second kappa shape index (κ2) is 4.00. The van der Waals surface area contributed by atoms with Gasteiger partial charge >= 0.3 is 0 Å². The highest BCUT2D eigenvalue weighted by atomic mass is 35.5. The first-order valence-electron chi connectivity index (χ1n) is 4.44. The van der Waals surface area contributed by atoms with Gasteiger partial charge in [0.05, 0.1) is 0 Å². The molecule has 0 amide bonds. The summed E-state index contributed by atoms with van der Waals surface area (Å²) in [6.07, 6.45) is -0.751. The van der Waals surface area contributed by atoms with Crippen LogP contribution in [0.1, 0.15) is 18.9 Å². The summed E-state index contributed by atoms with van der Waals surface area (Å²) >= 11 is 5.75. The minimum atomic E-state index is -0.751. The third kappa shape index (κ3) is 2.16. The van der Waals surface area contributed by atoms with Crippen LogP contribution in [0.3, 0.4) is 0 Å². The summed E-state index contributed by atoms with van der Waals surface area (Å²) in [5.41, 5.74) is 0.801. The Labute approximate surface area is 91.5 Å². The van der Waals surface area contributed by atoms with E-state index in [4.69, 9.17) is 16.1 Å². The Morgan fingerprint density at radius 1 is 1.33 bits per heavy atom. The minimum Gasteiger partial charge on any atom is -0.384 e. The zero-order valence-corrected chi connectivity index (χ0v) is 8.77. The molecule has 5 heteroatoms. The van der Waals surface area contributed by atoms with Gasteiger partial charge in [-0.3, -0.25) is 0 Å². The van der Waals surface area contributed by atoms with Crippen LogP contribution in [0.15, 0.2) is 28.8 Å². The lowest BCUT2D eigenvalue weighted by molar-refractivity contribution is 0.152. The molecule has 0 radical (unpaired) electrons. The predicted molar refractivity (Wildman–Crippen MR) is 55.4 cm³/mol. The van der Waals surface area contributed by atoms with Crippen molar-refractivity contribution >= 4 is 11.6 Å². The summed E-state index contributed by atoms with van der Waals surface area (Å²) in [6.45, 7) is 1.57. The maximum atomic E-state index is 9.21. The average Bonchev–Trinajstić information content (AvgIpc) is 2.68. The number of hydrogen-bond donors (Lipinski definition) is 1. The van der Waals surface area contributed by atoms with Crippen molar-refractivity contribution in [2.75, 3.05) is 0 Å². The van der Waals surface area contributed by atoms with Crippen molar-refractivity contribution in [2.45, 2.75) is 13.0 Å². The van der Waals surface area contributed by atoms with Gasteiger partial charge in [0, 0.05) is 10.6 Å². The molecule has 0 aliphatic carbocycles. The Morgan fingerprint density at radius 3 is 2.53 bits per heavy atom. The van der Waals surface area contributed by atoms with E-state index in [2.05, 4.69) is 10.1 Å². The number of aliphatic hydroxyl groups excluding tert-OH is 1. The van der Waals surface area contributed by atoms with Crippen LogP contribution in [-0.4, -0.2) is 15.2 Å². The van der Waals surface area contributed by atoms with Crippen LogP contribution in [0, 0.1) is 0 Å². The van der Waals surface area contributed by atoms with Gasteiger partial charge in [-0.15, -0.1) is 0 Å². The molecule has 4 nitrogen and oxygen atoms in total. The molecule has 1 unspecified atom stereocenters. The largest absolute Gasteiger partial charge is 0.384 e. The van der Waals surface area contributed by atoms with E-state index in [1.54, 1.807) is 31.2 Å². The van der Waals surface area contributed by atoms with Gasteiger partial charge in [0.25, 0.3) is 5.89 Å². The standard InChI is InChI=1S/C10H9ClN2O2/c1-6(14)10-12-9(13-15-10)7-2-4-8(11)5-3-7/h2-6,14H,1H3. The SMILES string of the molecule is CC(O)c1nc(-c2ccc(Cl)cc2)no1. The number of nitrogens with zero attached hydrogens (tertiary/aromatic N) is 2. The Bertz CT molecular complexity index is 451. The van der Waals surface area contributed by atoms with E-state index in [0.29, 0.717) is 10.8 Å². The van der Waals surface area contributed by atoms with Gasteiger partial charge in [-0.2, -0.15) is 4.98 Å². The molecule has 1 aromatic carbocycles. The lowest BCUT2D eigenvalue weighted by Gasteiger charge is -1.94. The van der Waals surface area contributed by atoms with Gasteiger partial charge in [-0.05, 0) is 31.2 Å². The second-order valence-corrected chi connectivity index (χ2v) is 3.58. The molecule has 1 N–H and O–H groups in total. The van der Waals surface area contributed by atoms with Crippen molar-refractivity contribution < 1.29 is 9.63 Å². The van der Waals surface area contributed by atoms with Gasteiger partial charge in [0.2, 0.25) is 5.82 Å². The highest BCUT2D eigenvalue weighted by Crippen LogP contribution is 2.20. The van der Waals surface area contributed by atoms with Gasteiger partial charge in [0.1, 0.15) is 6.10 Å². The molecule has 1 atom stereocenters. The maximum absolute atomic E-state index is 9.21. The predicted octanol–water partition coefficient (Wildman–Crippen LogP) is 2.44. The Morgan fingerprint density at radius 2 is 2.00 bits per heavy atom. The zero-order valence-electron chi connectivity index (χ0n) is 8.01. The molecular weight excluding hydrogens is 216 g/mol. The fourth-order valence-electron chi connectivity index (χ4n) is 1.12. The van der Waals surface area contributed by atoms with Crippen LogP contribution < -0.4 is 0 Å². The van der Waals surface area contributed by atoms with E-state index in [1.807, 2.05) is 0 Å². The fraction of sp³-hybridized carbons (Fsp3) is 0.200. The number of benzene rings is 1. The number of rotatable bonds is 2. The monoisotopic (exact) mass is 224 g/mol. The van der Waals surface area contributed by atoms with Crippen molar-refractivity contribution in [3.05, 3.63) is 35.2 Å². The number of aromatic nitrogens is 2. The molecule has 1 heterocycles. The Kier molecular flexibility index (Phi) is 2.70. The highest BCUT2D eigenvalue weighted by molar-refractivity contribution is 6.30. The summed E-state index contributed by atoms with van der Waals surface area (Å²) in [6, 6.07) is 7.07. The molecule has 0 saturated heterocycles. The number of halogens is 1. The first kappa shape index (κ1) is 10.1. The summed E-state index contributed by atoms with van der Waals surface area (Å²) in [4.78, 5) is 4.04. The molecule has 1 aromatic heterocycles. The Balaban J connectivity index is 2.33. The van der Waals surface area contributed by atoms with Crippen LogP contribution in [0.4, 0.5) is 0 Å². The van der Waals surface area contributed by atoms with E-state index >= 15 is 0 Å². The third-order valence-electron chi connectivity index (χ3n) is 1.90. The van der Waals surface area contributed by atoms with Gasteiger partial charge < -0.3 is 9.63 Å². The smallest absolute Gasteiger partial charge is 0.255 e. The van der Waals surface area contributed by atoms with Crippen LogP contribution >= 0.6 is 11.6 Å². The summed E-state index contributed by atoms with van der Waals surface area (Å²) in [5, 5.41) is 13.6. The van der Waals surface area contributed by atoms with Gasteiger partial charge in [0.15, 0.2) is 0 Å². The first-order chi connectivity index (χ1) is 7.16.